The van der Waals surface area contributed by atoms with Crippen LogP contribution in [0.2, 0.25) is 0 Å². The zero-order valence-electron chi connectivity index (χ0n) is 11.4. The van der Waals surface area contributed by atoms with Crippen LogP contribution in [0.5, 0.6) is 0 Å². The van der Waals surface area contributed by atoms with Gasteiger partial charge in [-0.3, -0.25) is 4.90 Å². The molecule has 4 rings (SSSR count). The van der Waals surface area contributed by atoms with Gasteiger partial charge in [0.05, 0.1) is 18.0 Å². The monoisotopic (exact) mass is 269 g/mol. The molecular weight excluding hydrogens is 250 g/mol. The van der Waals surface area contributed by atoms with Crippen molar-refractivity contribution in [2.24, 2.45) is 5.41 Å². The molecule has 2 aromatic rings. The standard InChI is InChI=1S/C16H19N3O/c20-15-11-18(12-16(15)6-7-16)9-13-8-17-19(10-13)14-4-2-1-3-5-14/h1-5,8,10,15,20H,6-7,9,11-12H2. The van der Waals surface area contributed by atoms with Gasteiger partial charge in [0, 0.05) is 36.8 Å². The first kappa shape index (κ1) is 12.1. The predicted octanol–water partition coefficient (Wildman–Crippen LogP) is 1.83. The van der Waals surface area contributed by atoms with Gasteiger partial charge in [-0.1, -0.05) is 18.2 Å². The Morgan fingerprint density at radius 2 is 2.05 bits per heavy atom. The van der Waals surface area contributed by atoms with E-state index in [1.165, 1.54) is 18.4 Å². The van der Waals surface area contributed by atoms with Crippen molar-refractivity contribution in [3.63, 3.8) is 0 Å². The molecule has 104 valence electrons. The van der Waals surface area contributed by atoms with Crippen LogP contribution in [-0.2, 0) is 6.54 Å². The minimum Gasteiger partial charge on any atom is -0.391 e. The third kappa shape index (κ3) is 2.05. The number of rotatable bonds is 3. The van der Waals surface area contributed by atoms with E-state index in [4.69, 9.17) is 0 Å². The van der Waals surface area contributed by atoms with Gasteiger partial charge in [-0.05, 0) is 25.0 Å². The van der Waals surface area contributed by atoms with E-state index >= 15 is 0 Å². The van der Waals surface area contributed by atoms with Gasteiger partial charge < -0.3 is 5.11 Å². The first-order valence-corrected chi connectivity index (χ1v) is 7.25. The van der Waals surface area contributed by atoms with Crippen LogP contribution in [0.15, 0.2) is 42.7 Å². The zero-order valence-corrected chi connectivity index (χ0v) is 11.4. The highest BCUT2D eigenvalue weighted by molar-refractivity contribution is 5.30. The highest BCUT2D eigenvalue weighted by atomic mass is 16.3. The number of hydrogen-bond donors (Lipinski definition) is 1. The minimum absolute atomic E-state index is 0.133. The normalized spacial score (nSPS) is 24.4. The molecular formula is C16H19N3O. The molecule has 1 saturated carbocycles. The summed E-state index contributed by atoms with van der Waals surface area (Å²) in [7, 11) is 0. The third-order valence-electron chi connectivity index (χ3n) is 4.63. The summed E-state index contributed by atoms with van der Waals surface area (Å²) in [6, 6.07) is 10.1. The summed E-state index contributed by atoms with van der Waals surface area (Å²) in [6.07, 6.45) is 6.25. The molecule has 1 spiro atoms. The molecule has 1 aliphatic carbocycles. The van der Waals surface area contributed by atoms with E-state index in [1.54, 1.807) is 0 Å². The van der Waals surface area contributed by atoms with E-state index in [0.29, 0.717) is 0 Å². The number of nitrogens with zero attached hydrogens (tertiary/aromatic N) is 3. The van der Waals surface area contributed by atoms with Crippen molar-refractivity contribution in [2.75, 3.05) is 13.1 Å². The lowest BCUT2D eigenvalue weighted by atomic mass is 10.0. The molecule has 1 saturated heterocycles. The fraction of sp³-hybridized carbons (Fsp3) is 0.438. The number of aliphatic hydroxyl groups excluding tert-OH is 1. The van der Waals surface area contributed by atoms with Crippen molar-refractivity contribution in [3.05, 3.63) is 48.3 Å². The Balaban J connectivity index is 1.47. The van der Waals surface area contributed by atoms with E-state index < -0.39 is 0 Å². The maximum atomic E-state index is 10.1. The maximum absolute atomic E-state index is 10.1. The van der Waals surface area contributed by atoms with E-state index in [9.17, 15) is 5.11 Å². The molecule has 1 N–H and O–H groups in total. The highest BCUT2D eigenvalue weighted by Crippen LogP contribution is 2.52. The molecule has 0 radical (unpaired) electrons. The number of aliphatic hydroxyl groups is 1. The zero-order chi connectivity index (χ0) is 13.6. The third-order valence-corrected chi connectivity index (χ3v) is 4.63. The molecule has 1 unspecified atom stereocenters. The molecule has 20 heavy (non-hydrogen) atoms. The summed E-state index contributed by atoms with van der Waals surface area (Å²) in [5.41, 5.74) is 2.52. The van der Waals surface area contributed by atoms with Crippen LogP contribution in [0.25, 0.3) is 5.69 Å². The smallest absolute Gasteiger partial charge is 0.0735 e. The lowest BCUT2D eigenvalue weighted by Gasteiger charge is -2.13. The van der Waals surface area contributed by atoms with Crippen molar-refractivity contribution in [1.29, 1.82) is 0 Å². The molecule has 0 amide bonds. The quantitative estimate of drug-likeness (QED) is 0.924. The van der Waals surface area contributed by atoms with Gasteiger partial charge in [-0.2, -0.15) is 5.10 Å². The van der Waals surface area contributed by atoms with Gasteiger partial charge in [0.25, 0.3) is 0 Å². The van der Waals surface area contributed by atoms with Crippen molar-refractivity contribution in [3.8, 4) is 5.69 Å². The number of para-hydroxylation sites is 1. The Kier molecular flexibility index (Phi) is 2.69. The van der Waals surface area contributed by atoms with Crippen molar-refractivity contribution in [1.82, 2.24) is 14.7 Å². The Hall–Kier alpha value is -1.65. The molecule has 0 bridgehead atoms. The molecule has 1 atom stereocenters. The fourth-order valence-electron chi connectivity index (χ4n) is 3.25. The van der Waals surface area contributed by atoms with Crippen LogP contribution < -0.4 is 0 Å². The number of aromatic nitrogens is 2. The summed E-state index contributed by atoms with van der Waals surface area (Å²) in [5, 5.41) is 14.5. The second-order valence-corrected chi connectivity index (χ2v) is 6.18. The summed E-state index contributed by atoms with van der Waals surface area (Å²) in [5.74, 6) is 0. The van der Waals surface area contributed by atoms with Crippen LogP contribution in [0.3, 0.4) is 0 Å². The van der Waals surface area contributed by atoms with Crippen LogP contribution in [-0.4, -0.2) is 39.0 Å². The summed E-state index contributed by atoms with van der Waals surface area (Å²) < 4.78 is 1.91. The lowest BCUT2D eigenvalue weighted by Crippen LogP contribution is -2.21. The number of likely N-dealkylation sites (tertiary alicyclic amines) is 1. The molecule has 4 nitrogen and oxygen atoms in total. The molecule has 1 aromatic carbocycles. The Morgan fingerprint density at radius 3 is 2.75 bits per heavy atom. The van der Waals surface area contributed by atoms with Gasteiger partial charge in [0.2, 0.25) is 0 Å². The van der Waals surface area contributed by atoms with E-state index in [0.717, 1.165) is 25.3 Å². The van der Waals surface area contributed by atoms with E-state index in [-0.39, 0.29) is 11.5 Å². The van der Waals surface area contributed by atoms with Crippen LogP contribution in [0, 0.1) is 5.41 Å². The SMILES string of the molecule is OC1CN(Cc2cnn(-c3ccccc3)c2)CC12CC2. The topological polar surface area (TPSA) is 41.3 Å². The molecule has 2 aliphatic rings. The summed E-state index contributed by atoms with van der Waals surface area (Å²) in [6.45, 7) is 2.72. The van der Waals surface area contributed by atoms with Crippen LogP contribution in [0.4, 0.5) is 0 Å². The Morgan fingerprint density at radius 1 is 1.25 bits per heavy atom. The molecule has 2 heterocycles. The number of hydrogen-bond acceptors (Lipinski definition) is 3. The summed E-state index contributed by atoms with van der Waals surface area (Å²) in [4.78, 5) is 2.35. The molecule has 4 heteroatoms. The van der Waals surface area contributed by atoms with E-state index in [1.807, 2.05) is 29.1 Å². The Bertz CT molecular complexity index is 603. The predicted molar refractivity (Wildman–Crippen MR) is 76.5 cm³/mol. The average molecular weight is 269 g/mol. The van der Waals surface area contributed by atoms with Crippen molar-refractivity contribution in [2.45, 2.75) is 25.5 Å². The van der Waals surface area contributed by atoms with Gasteiger partial charge in [0.15, 0.2) is 0 Å². The highest BCUT2D eigenvalue weighted by Gasteiger charge is 2.54. The van der Waals surface area contributed by atoms with Gasteiger partial charge in [-0.15, -0.1) is 0 Å². The van der Waals surface area contributed by atoms with Gasteiger partial charge in [-0.25, -0.2) is 4.68 Å². The maximum Gasteiger partial charge on any atom is 0.0735 e. The van der Waals surface area contributed by atoms with E-state index in [2.05, 4.69) is 28.3 Å². The average Bonchev–Trinajstić information content (AvgIpc) is 2.98. The van der Waals surface area contributed by atoms with Gasteiger partial charge >= 0.3 is 0 Å². The second kappa shape index (κ2) is 4.43. The van der Waals surface area contributed by atoms with Crippen molar-refractivity contribution < 1.29 is 5.11 Å². The lowest BCUT2D eigenvalue weighted by molar-refractivity contribution is 0.131. The number of β-amino-alcohol motifs (C(OH)–C–C–N with tert-alkyl or cyclic N) is 1. The molecule has 2 fully saturated rings. The minimum atomic E-state index is -0.133. The van der Waals surface area contributed by atoms with Crippen LogP contribution in [0.1, 0.15) is 18.4 Å². The molecule has 1 aromatic heterocycles. The largest absolute Gasteiger partial charge is 0.391 e. The fourth-order valence-corrected chi connectivity index (χ4v) is 3.25. The first-order valence-electron chi connectivity index (χ1n) is 7.25. The first-order chi connectivity index (χ1) is 9.75. The van der Waals surface area contributed by atoms with Crippen LogP contribution >= 0.6 is 0 Å². The number of benzene rings is 1. The second-order valence-electron chi connectivity index (χ2n) is 6.18. The molecule has 1 aliphatic heterocycles. The summed E-state index contributed by atoms with van der Waals surface area (Å²) >= 11 is 0. The van der Waals surface area contributed by atoms with Crippen molar-refractivity contribution >= 4 is 0 Å². The Labute approximate surface area is 118 Å². The van der Waals surface area contributed by atoms with Gasteiger partial charge in [0.1, 0.15) is 0 Å².